The van der Waals surface area contributed by atoms with Gasteiger partial charge in [-0.05, 0) is 44.4 Å². The summed E-state index contributed by atoms with van der Waals surface area (Å²) in [7, 11) is 0. The number of nitrogens with two attached hydrogens (primary N) is 1. The second-order valence-electron chi connectivity index (χ2n) is 4.79. The molecule has 5 heteroatoms. The van der Waals surface area contributed by atoms with Gasteiger partial charge in [0.15, 0.2) is 0 Å². The van der Waals surface area contributed by atoms with Crippen molar-refractivity contribution in [2.45, 2.75) is 33.2 Å². The number of carbonyl (C=O) groups excluding carboxylic acids is 1. The van der Waals surface area contributed by atoms with Crippen molar-refractivity contribution in [1.82, 2.24) is 9.80 Å². The molecule has 0 radical (unpaired) electrons. The fourth-order valence-corrected chi connectivity index (χ4v) is 2.95. The molecule has 1 aromatic rings. The van der Waals surface area contributed by atoms with Crippen molar-refractivity contribution in [3.63, 3.8) is 0 Å². The molecular weight excluding hydrogens is 270 g/mol. The van der Waals surface area contributed by atoms with Crippen LogP contribution in [0.5, 0.6) is 0 Å². The van der Waals surface area contributed by atoms with Crippen molar-refractivity contribution in [1.29, 1.82) is 0 Å². The second-order valence-corrected chi connectivity index (χ2v) is 5.77. The Morgan fingerprint density at radius 3 is 2.45 bits per heavy atom. The summed E-state index contributed by atoms with van der Waals surface area (Å²) >= 11 is 1.54. The van der Waals surface area contributed by atoms with E-state index < -0.39 is 6.04 Å². The topological polar surface area (TPSA) is 49.6 Å². The highest BCUT2D eigenvalue weighted by Gasteiger charge is 2.21. The van der Waals surface area contributed by atoms with E-state index in [1.54, 1.807) is 11.3 Å². The van der Waals surface area contributed by atoms with Crippen LogP contribution in [0.3, 0.4) is 0 Å². The van der Waals surface area contributed by atoms with Gasteiger partial charge in [0.1, 0.15) is 6.04 Å². The maximum absolute atomic E-state index is 12.4. The first kappa shape index (κ1) is 17.1. The van der Waals surface area contributed by atoms with E-state index in [1.807, 2.05) is 29.3 Å². The molecule has 1 rings (SSSR count). The Bertz CT molecular complexity index is 376. The zero-order valence-electron chi connectivity index (χ0n) is 12.8. The van der Waals surface area contributed by atoms with Gasteiger partial charge in [-0.1, -0.05) is 19.9 Å². The average Bonchev–Trinajstić information content (AvgIpc) is 3.00. The lowest BCUT2D eigenvalue weighted by atomic mass is 10.2. The highest BCUT2D eigenvalue weighted by Crippen LogP contribution is 2.18. The summed E-state index contributed by atoms with van der Waals surface area (Å²) < 4.78 is 0. The monoisotopic (exact) mass is 297 g/mol. The Kier molecular flexibility index (Phi) is 7.80. The van der Waals surface area contributed by atoms with E-state index in [-0.39, 0.29) is 5.91 Å². The molecular formula is C15H27N3OS. The van der Waals surface area contributed by atoms with E-state index in [4.69, 9.17) is 5.73 Å². The third-order valence-corrected chi connectivity index (χ3v) is 4.56. The summed E-state index contributed by atoms with van der Waals surface area (Å²) in [4.78, 5) is 17.6. The van der Waals surface area contributed by atoms with Gasteiger partial charge in [-0.15, -0.1) is 11.3 Å². The summed E-state index contributed by atoms with van der Waals surface area (Å²) in [6, 6.07) is 3.35. The maximum Gasteiger partial charge on any atom is 0.244 e. The number of rotatable bonds is 9. The molecule has 1 heterocycles. The van der Waals surface area contributed by atoms with Crippen LogP contribution in [0.4, 0.5) is 0 Å². The van der Waals surface area contributed by atoms with E-state index in [1.165, 1.54) is 0 Å². The molecule has 1 amide bonds. The van der Waals surface area contributed by atoms with Gasteiger partial charge < -0.3 is 15.5 Å². The Morgan fingerprint density at radius 1 is 1.25 bits per heavy atom. The normalized spacial score (nSPS) is 12.7. The van der Waals surface area contributed by atoms with Gasteiger partial charge in [0.25, 0.3) is 0 Å². The van der Waals surface area contributed by atoms with Crippen LogP contribution >= 0.6 is 11.3 Å². The number of likely N-dealkylation sites (N-methyl/N-ethyl adjacent to an activating group) is 1. The molecule has 114 valence electrons. The summed E-state index contributed by atoms with van der Waals surface area (Å²) in [5.74, 6) is 0.0366. The first-order chi connectivity index (χ1) is 9.63. The smallest absolute Gasteiger partial charge is 0.244 e. The van der Waals surface area contributed by atoms with Crippen LogP contribution in [0, 0.1) is 0 Å². The molecule has 2 N–H and O–H groups in total. The Balaban J connectivity index is 2.47. The van der Waals surface area contributed by atoms with Crippen molar-refractivity contribution < 1.29 is 4.79 Å². The first-order valence-corrected chi connectivity index (χ1v) is 8.32. The summed E-state index contributed by atoms with van der Waals surface area (Å²) in [6.45, 7) is 11.0. The molecule has 0 bridgehead atoms. The number of hydrogen-bond acceptors (Lipinski definition) is 4. The fourth-order valence-electron chi connectivity index (χ4n) is 2.24. The van der Waals surface area contributed by atoms with Crippen molar-refractivity contribution in [3.8, 4) is 0 Å². The molecule has 0 saturated heterocycles. The van der Waals surface area contributed by atoms with Crippen molar-refractivity contribution in [2.24, 2.45) is 5.73 Å². The highest BCUT2D eigenvalue weighted by molar-refractivity contribution is 7.10. The van der Waals surface area contributed by atoms with E-state index in [0.717, 1.165) is 44.0 Å². The SMILES string of the molecule is CCN(CC)CCCN(CC)C(=O)C(N)c1cccs1. The van der Waals surface area contributed by atoms with Crippen LogP contribution in [-0.2, 0) is 4.79 Å². The number of nitrogens with zero attached hydrogens (tertiary/aromatic N) is 2. The molecule has 0 aliphatic rings. The summed E-state index contributed by atoms with van der Waals surface area (Å²) in [5, 5.41) is 1.96. The molecule has 4 nitrogen and oxygen atoms in total. The molecule has 0 spiro atoms. The van der Waals surface area contributed by atoms with Gasteiger partial charge in [0, 0.05) is 18.0 Å². The fraction of sp³-hybridized carbons (Fsp3) is 0.667. The van der Waals surface area contributed by atoms with Gasteiger partial charge >= 0.3 is 0 Å². The molecule has 1 atom stereocenters. The zero-order chi connectivity index (χ0) is 15.0. The van der Waals surface area contributed by atoms with Gasteiger partial charge in [0.2, 0.25) is 5.91 Å². The lowest BCUT2D eigenvalue weighted by Crippen LogP contribution is -2.39. The predicted octanol–water partition coefficient (Wildman–Crippen LogP) is 2.33. The lowest BCUT2D eigenvalue weighted by Gasteiger charge is -2.25. The minimum absolute atomic E-state index is 0.0366. The molecule has 0 aliphatic heterocycles. The molecule has 0 fully saturated rings. The summed E-state index contributed by atoms with van der Waals surface area (Å²) in [5.41, 5.74) is 6.05. The van der Waals surface area contributed by atoms with E-state index in [9.17, 15) is 4.79 Å². The van der Waals surface area contributed by atoms with Gasteiger partial charge in [-0.2, -0.15) is 0 Å². The van der Waals surface area contributed by atoms with Crippen LogP contribution in [0.2, 0.25) is 0 Å². The van der Waals surface area contributed by atoms with Crippen LogP contribution in [0.25, 0.3) is 0 Å². The minimum Gasteiger partial charge on any atom is -0.341 e. The molecule has 0 aliphatic carbocycles. The molecule has 0 aromatic carbocycles. The van der Waals surface area contributed by atoms with E-state index in [0.29, 0.717) is 0 Å². The largest absolute Gasteiger partial charge is 0.341 e. The second kappa shape index (κ2) is 9.10. The molecule has 0 saturated carbocycles. The van der Waals surface area contributed by atoms with Crippen LogP contribution in [0.15, 0.2) is 17.5 Å². The number of hydrogen-bond donors (Lipinski definition) is 1. The number of carbonyl (C=O) groups is 1. The third-order valence-electron chi connectivity index (χ3n) is 3.61. The Morgan fingerprint density at radius 2 is 1.95 bits per heavy atom. The van der Waals surface area contributed by atoms with Crippen LogP contribution < -0.4 is 5.73 Å². The van der Waals surface area contributed by atoms with Crippen molar-refractivity contribution >= 4 is 17.2 Å². The third kappa shape index (κ3) is 4.89. The Hall–Kier alpha value is -0.910. The molecule has 1 aromatic heterocycles. The van der Waals surface area contributed by atoms with Gasteiger partial charge in [0.05, 0.1) is 0 Å². The van der Waals surface area contributed by atoms with Gasteiger partial charge in [-0.3, -0.25) is 4.79 Å². The van der Waals surface area contributed by atoms with E-state index >= 15 is 0 Å². The van der Waals surface area contributed by atoms with Crippen LogP contribution in [-0.4, -0.2) is 48.4 Å². The van der Waals surface area contributed by atoms with E-state index in [2.05, 4.69) is 18.7 Å². The van der Waals surface area contributed by atoms with Crippen LogP contribution in [0.1, 0.15) is 38.1 Å². The number of amides is 1. The maximum atomic E-state index is 12.4. The highest BCUT2D eigenvalue weighted by atomic mass is 32.1. The van der Waals surface area contributed by atoms with Crippen molar-refractivity contribution in [2.75, 3.05) is 32.7 Å². The minimum atomic E-state index is -0.511. The molecule has 1 unspecified atom stereocenters. The first-order valence-electron chi connectivity index (χ1n) is 7.44. The quantitative estimate of drug-likeness (QED) is 0.761. The lowest BCUT2D eigenvalue weighted by molar-refractivity contribution is -0.132. The van der Waals surface area contributed by atoms with Crippen molar-refractivity contribution in [3.05, 3.63) is 22.4 Å². The van der Waals surface area contributed by atoms with Gasteiger partial charge in [-0.25, -0.2) is 0 Å². The average molecular weight is 297 g/mol. The predicted molar refractivity (Wildman–Crippen MR) is 85.9 cm³/mol. The summed E-state index contributed by atoms with van der Waals surface area (Å²) in [6.07, 6.45) is 0.998. The number of thiophene rings is 1. The standard InChI is InChI=1S/C15H27N3OS/c1-4-17(5-2)10-8-11-18(6-3)15(19)14(16)13-9-7-12-20-13/h7,9,12,14H,4-6,8,10-11,16H2,1-3H3. The molecule has 20 heavy (non-hydrogen) atoms. The Labute approximate surface area is 126 Å². The zero-order valence-corrected chi connectivity index (χ0v) is 13.7.